The van der Waals surface area contributed by atoms with Gasteiger partial charge in [0.15, 0.2) is 0 Å². The van der Waals surface area contributed by atoms with E-state index in [1.54, 1.807) is 25.3 Å². The maximum Gasteiger partial charge on any atom is 0.253 e. The number of carbonyl (C=O) groups is 1. The van der Waals surface area contributed by atoms with Crippen molar-refractivity contribution in [2.75, 3.05) is 27.7 Å². The van der Waals surface area contributed by atoms with Crippen LogP contribution in [0.15, 0.2) is 42.5 Å². The van der Waals surface area contributed by atoms with Gasteiger partial charge in [-0.25, -0.2) is 0 Å². The summed E-state index contributed by atoms with van der Waals surface area (Å²) in [6, 6.07) is 12.8. The van der Waals surface area contributed by atoms with Crippen molar-refractivity contribution in [1.82, 2.24) is 5.32 Å². The molecule has 0 fully saturated rings. The molecule has 1 amide bonds. The Kier molecular flexibility index (Phi) is 6.49. The third-order valence-corrected chi connectivity index (χ3v) is 4.41. The van der Waals surface area contributed by atoms with Crippen molar-refractivity contribution >= 4 is 29.1 Å². The molecule has 6 heteroatoms. The van der Waals surface area contributed by atoms with Crippen LogP contribution in [0.3, 0.4) is 0 Å². The summed E-state index contributed by atoms with van der Waals surface area (Å²) in [5.41, 5.74) is 1.54. The fraction of sp³-hybridized carbons (Fsp3) is 0.278. The Labute approximate surface area is 152 Å². The van der Waals surface area contributed by atoms with E-state index in [9.17, 15) is 4.79 Å². The third-order valence-electron chi connectivity index (χ3n) is 3.86. The van der Waals surface area contributed by atoms with Gasteiger partial charge in [0.05, 0.1) is 38.3 Å². The van der Waals surface area contributed by atoms with E-state index in [4.69, 9.17) is 27.9 Å². The van der Waals surface area contributed by atoms with E-state index in [1.165, 1.54) is 4.90 Å². The number of likely N-dealkylation sites (N-methyl/N-ethyl adjacent to an activating group) is 1. The Morgan fingerprint density at radius 1 is 1.17 bits per heavy atom. The third kappa shape index (κ3) is 4.63. The molecule has 0 radical (unpaired) electrons. The van der Waals surface area contributed by atoms with Gasteiger partial charge < -0.3 is 15.0 Å². The van der Waals surface area contributed by atoms with E-state index in [0.29, 0.717) is 22.2 Å². The summed E-state index contributed by atoms with van der Waals surface area (Å²) in [7, 11) is 5.74. The van der Waals surface area contributed by atoms with E-state index in [0.717, 1.165) is 11.3 Å². The first-order chi connectivity index (χ1) is 11.4. The Hall–Kier alpha value is -1.75. The van der Waals surface area contributed by atoms with Gasteiger partial charge in [-0.05, 0) is 42.5 Å². The highest BCUT2D eigenvalue weighted by Gasteiger charge is 2.20. The molecule has 128 valence electrons. The lowest BCUT2D eigenvalue weighted by Crippen LogP contribution is -3.07. The monoisotopic (exact) mass is 367 g/mol. The maximum absolute atomic E-state index is 12.4. The van der Waals surface area contributed by atoms with Crippen LogP contribution in [0, 0.1) is 0 Å². The molecular weight excluding hydrogens is 347 g/mol. The predicted molar refractivity (Wildman–Crippen MR) is 97.3 cm³/mol. The molecule has 0 aromatic heterocycles. The van der Waals surface area contributed by atoms with Gasteiger partial charge in [-0.1, -0.05) is 23.2 Å². The summed E-state index contributed by atoms with van der Waals surface area (Å²) >= 11 is 12.0. The molecule has 2 rings (SSSR count). The van der Waals surface area contributed by atoms with E-state index >= 15 is 0 Å². The molecule has 2 aromatic rings. The molecule has 0 saturated carbocycles. The number of hydrogen-bond acceptors (Lipinski definition) is 2. The molecule has 0 bridgehead atoms. The van der Waals surface area contributed by atoms with Gasteiger partial charge >= 0.3 is 0 Å². The first kappa shape index (κ1) is 18.6. The summed E-state index contributed by atoms with van der Waals surface area (Å²) in [6.07, 6.45) is 0. The number of rotatable bonds is 6. The zero-order valence-corrected chi connectivity index (χ0v) is 15.4. The van der Waals surface area contributed by atoms with Crippen LogP contribution in [-0.4, -0.2) is 33.7 Å². The molecular formula is C18H21Cl2N2O2+. The highest BCUT2D eigenvalue weighted by Crippen LogP contribution is 2.21. The molecule has 0 saturated heterocycles. The van der Waals surface area contributed by atoms with Crippen molar-refractivity contribution in [3.63, 3.8) is 0 Å². The van der Waals surface area contributed by atoms with Crippen molar-refractivity contribution in [3.8, 4) is 5.75 Å². The Morgan fingerprint density at radius 2 is 1.83 bits per heavy atom. The van der Waals surface area contributed by atoms with E-state index in [2.05, 4.69) is 19.4 Å². The zero-order chi connectivity index (χ0) is 17.7. The highest BCUT2D eigenvalue weighted by molar-refractivity contribution is 6.36. The number of hydrogen-bond donors (Lipinski definition) is 2. The van der Waals surface area contributed by atoms with Gasteiger partial charge in [-0.2, -0.15) is 0 Å². The first-order valence-electron chi connectivity index (χ1n) is 7.59. The van der Waals surface area contributed by atoms with Gasteiger partial charge in [0.25, 0.3) is 5.91 Å². The number of nitrogens with one attached hydrogen (secondary N) is 2. The van der Waals surface area contributed by atoms with Crippen LogP contribution in [0.4, 0.5) is 0 Å². The van der Waals surface area contributed by atoms with Crippen LogP contribution in [0.5, 0.6) is 5.75 Å². The molecule has 0 aliphatic heterocycles. The van der Waals surface area contributed by atoms with Crippen LogP contribution in [0.2, 0.25) is 10.0 Å². The number of amides is 1. The van der Waals surface area contributed by atoms with E-state index < -0.39 is 0 Å². The smallest absolute Gasteiger partial charge is 0.253 e. The number of methoxy groups -OCH3 is 1. The van der Waals surface area contributed by atoms with Crippen LogP contribution < -0.4 is 15.0 Å². The quantitative estimate of drug-likeness (QED) is 0.823. The highest BCUT2D eigenvalue weighted by atomic mass is 35.5. The van der Waals surface area contributed by atoms with Crippen LogP contribution in [0.1, 0.15) is 22.0 Å². The summed E-state index contributed by atoms with van der Waals surface area (Å²) < 4.78 is 5.19. The standard InChI is InChI=1S/C18H20Cl2N2O2/c1-22(2)17(12-4-7-14(24-3)8-5-12)11-21-18(23)15-9-6-13(19)10-16(15)20/h4-10,17H,11H2,1-3H3,(H,21,23)/p+1/t17-/m1/s1. The summed E-state index contributed by atoms with van der Waals surface area (Å²) in [5, 5.41) is 3.80. The topological polar surface area (TPSA) is 42.8 Å². The maximum atomic E-state index is 12.4. The minimum absolute atomic E-state index is 0.117. The second kappa shape index (κ2) is 8.38. The minimum atomic E-state index is -0.212. The zero-order valence-electron chi connectivity index (χ0n) is 13.9. The molecule has 4 nitrogen and oxygen atoms in total. The van der Waals surface area contributed by atoms with Crippen molar-refractivity contribution < 1.29 is 14.4 Å². The van der Waals surface area contributed by atoms with E-state index in [-0.39, 0.29) is 11.9 Å². The lowest BCUT2D eigenvalue weighted by Gasteiger charge is -2.22. The Balaban J connectivity index is 2.09. The van der Waals surface area contributed by atoms with Crippen molar-refractivity contribution in [3.05, 3.63) is 63.6 Å². The molecule has 0 heterocycles. The van der Waals surface area contributed by atoms with Gasteiger partial charge in [0.1, 0.15) is 11.8 Å². The Bertz CT molecular complexity index is 703. The lowest BCUT2D eigenvalue weighted by molar-refractivity contribution is -0.890. The summed E-state index contributed by atoms with van der Waals surface area (Å²) in [4.78, 5) is 13.6. The summed E-state index contributed by atoms with van der Waals surface area (Å²) in [5.74, 6) is 0.597. The van der Waals surface area contributed by atoms with Gasteiger partial charge in [0, 0.05) is 10.6 Å². The van der Waals surface area contributed by atoms with Crippen molar-refractivity contribution in [2.45, 2.75) is 6.04 Å². The Morgan fingerprint density at radius 3 is 2.38 bits per heavy atom. The molecule has 24 heavy (non-hydrogen) atoms. The molecule has 0 spiro atoms. The number of halogens is 2. The van der Waals surface area contributed by atoms with Gasteiger partial charge in [0.2, 0.25) is 0 Å². The fourth-order valence-electron chi connectivity index (χ4n) is 2.46. The van der Waals surface area contributed by atoms with Crippen LogP contribution in [0.25, 0.3) is 0 Å². The largest absolute Gasteiger partial charge is 0.497 e. The first-order valence-corrected chi connectivity index (χ1v) is 8.35. The second-order valence-corrected chi connectivity index (χ2v) is 6.58. The molecule has 2 N–H and O–H groups in total. The lowest BCUT2D eigenvalue weighted by atomic mass is 10.1. The number of carbonyl (C=O) groups excluding carboxylic acids is 1. The number of benzene rings is 2. The molecule has 2 aromatic carbocycles. The molecule has 0 aliphatic carbocycles. The number of quaternary nitrogens is 1. The van der Waals surface area contributed by atoms with Crippen LogP contribution in [-0.2, 0) is 0 Å². The van der Waals surface area contributed by atoms with Gasteiger partial charge in [-0.15, -0.1) is 0 Å². The van der Waals surface area contributed by atoms with Crippen molar-refractivity contribution in [2.24, 2.45) is 0 Å². The van der Waals surface area contributed by atoms with Crippen molar-refractivity contribution in [1.29, 1.82) is 0 Å². The molecule has 0 aliphatic rings. The summed E-state index contributed by atoms with van der Waals surface area (Å²) in [6.45, 7) is 0.493. The second-order valence-electron chi connectivity index (χ2n) is 5.74. The molecule has 1 atom stereocenters. The average molecular weight is 368 g/mol. The van der Waals surface area contributed by atoms with Crippen LogP contribution >= 0.6 is 23.2 Å². The number of ether oxygens (including phenoxy) is 1. The minimum Gasteiger partial charge on any atom is -0.497 e. The van der Waals surface area contributed by atoms with E-state index in [1.807, 2.05) is 24.3 Å². The normalized spacial score (nSPS) is 12.1. The predicted octanol–water partition coefficient (Wildman–Crippen LogP) is 2.62. The van der Waals surface area contributed by atoms with Gasteiger partial charge in [-0.3, -0.25) is 4.79 Å². The average Bonchev–Trinajstić information content (AvgIpc) is 2.55. The SMILES string of the molecule is COc1ccc([C@@H](CNC(=O)c2ccc(Cl)cc2Cl)[NH+](C)C)cc1. The fourth-order valence-corrected chi connectivity index (χ4v) is 2.95. The molecule has 0 unspecified atom stereocenters.